The molecule has 1 aliphatic heterocycles. The number of nitro benzene ring substituents is 1. The number of anilines is 1. The fraction of sp³-hybridized carbons (Fsp3) is 0.296. The lowest BCUT2D eigenvalue weighted by Crippen LogP contribution is -2.49. The number of ether oxygens (including phenoxy) is 3. The van der Waals surface area contributed by atoms with Crippen LogP contribution in [0.1, 0.15) is 36.6 Å². The fourth-order valence-corrected chi connectivity index (χ4v) is 4.09. The number of rotatable bonds is 8. The number of hydrogen-bond acceptors (Lipinski definition) is 7. The molecule has 3 aromatic rings. The molecule has 9 nitrogen and oxygen atoms in total. The number of fused-ring (bicyclic) bond motifs is 1. The lowest BCUT2D eigenvalue weighted by atomic mass is 9.88. The minimum atomic E-state index is -1.06. The van der Waals surface area contributed by atoms with Crippen molar-refractivity contribution in [2.75, 3.05) is 12.4 Å². The first-order chi connectivity index (χ1) is 17.2. The van der Waals surface area contributed by atoms with Gasteiger partial charge in [-0.3, -0.25) is 14.9 Å². The number of carbonyl (C=O) groups is 1. The number of nitrogens with one attached hydrogen (secondary N) is 1. The van der Waals surface area contributed by atoms with E-state index < -0.39 is 28.6 Å². The molecule has 188 valence electrons. The monoisotopic (exact) mass is 492 g/mol. The zero-order valence-corrected chi connectivity index (χ0v) is 20.3. The van der Waals surface area contributed by atoms with Crippen LogP contribution in [-0.2, 0) is 22.6 Å². The van der Waals surface area contributed by atoms with Gasteiger partial charge in [0.2, 0.25) is 5.91 Å². The quantitative estimate of drug-likeness (QED) is 0.349. The van der Waals surface area contributed by atoms with Crippen molar-refractivity contribution in [3.63, 3.8) is 0 Å². The molecule has 1 aliphatic rings. The molecule has 3 aromatic carbocycles. The second-order valence-electron chi connectivity index (χ2n) is 9.10. The molecule has 0 saturated heterocycles. The maximum absolute atomic E-state index is 12.8. The van der Waals surface area contributed by atoms with E-state index in [1.807, 2.05) is 30.3 Å². The van der Waals surface area contributed by atoms with Gasteiger partial charge in [0.15, 0.2) is 0 Å². The van der Waals surface area contributed by atoms with Crippen molar-refractivity contribution in [2.45, 2.75) is 44.7 Å². The standard InChI is InChI=1S/C27H28N2O7/c1-27(2)26(31)25(35-16-18-7-5-4-6-8-18)20-14-21(22(29(32)33)15-23(20)36-27)28-24(30)13-17-9-11-19(34-3)12-10-17/h4-12,14-15,25-26,31H,13,16H2,1-3H3,(H,28,30)/t25-,26+/m0/s1. The van der Waals surface area contributed by atoms with Crippen LogP contribution in [0.2, 0.25) is 0 Å². The SMILES string of the molecule is COc1ccc(CC(=O)Nc2cc3c(cc2[N+](=O)[O-])OC(C)(C)[C@H](O)[C@H]3OCc2ccccc2)cc1. The van der Waals surface area contributed by atoms with Crippen LogP contribution in [0.25, 0.3) is 0 Å². The Morgan fingerprint density at radius 1 is 1.11 bits per heavy atom. The van der Waals surface area contributed by atoms with E-state index in [0.29, 0.717) is 11.3 Å². The van der Waals surface area contributed by atoms with Gasteiger partial charge in [0.1, 0.15) is 35.0 Å². The van der Waals surface area contributed by atoms with Crippen molar-refractivity contribution in [2.24, 2.45) is 0 Å². The molecule has 0 aromatic heterocycles. The minimum absolute atomic E-state index is 0.000999. The summed E-state index contributed by atoms with van der Waals surface area (Å²) in [7, 11) is 1.55. The number of hydrogen-bond donors (Lipinski definition) is 2. The van der Waals surface area contributed by atoms with Crippen molar-refractivity contribution in [3.05, 3.63) is 93.5 Å². The van der Waals surface area contributed by atoms with Gasteiger partial charge in [0.25, 0.3) is 5.69 Å². The number of benzene rings is 3. The van der Waals surface area contributed by atoms with E-state index in [2.05, 4.69) is 5.32 Å². The number of carbonyl (C=O) groups excluding carboxylic acids is 1. The molecular formula is C27H28N2O7. The molecule has 0 radical (unpaired) electrons. The van der Waals surface area contributed by atoms with Gasteiger partial charge in [-0.25, -0.2) is 0 Å². The average Bonchev–Trinajstić information content (AvgIpc) is 2.85. The Labute approximate surface area is 208 Å². The first-order valence-corrected chi connectivity index (χ1v) is 11.5. The number of aliphatic hydroxyl groups excluding tert-OH is 1. The maximum atomic E-state index is 12.8. The summed E-state index contributed by atoms with van der Waals surface area (Å²) in [6.45, 7) is 3.60. The highest BCUT2D eigenvalue weighted by Gasteiger charge is 2.45. The molecule has 1 amide bonds. The number of nitro groups is 1. The number of methoxy groups -OCH3 is 1. The molecule has 0 aliphatic carbocycles. The highest BCUT2D eigenvalue weighted by atomic mass is 16.6. The van der Waals surface area contributed by atoms with Crippen molar-refractivity contribution in [1.82, 2.24) is 0 Å². The maximum Gasteiger partial charge on any atom is 0.296 e. The van der Waals surface area contributed by atoms with Gasteiger partial charge in [-0.15, -0.1) is 0 Å². The summed E-state index contributed by atoms with van der Waals surface area (Å²) >= 11 is 0. The zero-order valence-electron chi connectivity index (χ0n) is 20.3. The van der Waals surface area contributed by atoms with Gasteiger partial charge >= 0.3 is 0 Å². The summed E-state index contributed by atoms with van der Waals surface area (Å²) in [5, 5.41) is 25.5. The van der Waals surface area contributed by atoms with E-state index in [1.54, 1.807) is 45.2 Å². The predicted octanol–water partition coefficient (Wildman–Crippen LogP) is 4.57. The third-order valence-corrected chi connectivity index (χ3v) is 6.07. The first kappa shape index (κ1) is 25.2. The van der Waals surface area contributed by atoms with E-state index in [4.69, 9.17) is 14.2 Å². The lowest BCUT2D eigenvalue weighted by Gasteiger charge is -2.41. The van der Waals surface area contributed by atoms with Crippen LogP contribution in [0.4, 0.5) is 11.4 Å². The van der Waals surface area contributed by atoms with Crippen molar-refractivity contribution in [3.8, 4) is 11.5 Å². The Morgan fingerprint density at radius 2 is 1.81 bits per heavy atom. The van der Waals surface area contributed by atoms with E-state index in [0.717, 1.165) is 11.1 Å². The van der Waals surface area contributed by atoms with Crippen molar-refractivity contribution in [1.29, 1.82) is 0 Å². The predicted molar refractivity (Wildman–Crippen MR) is 133 cm³/mol. The summed E-state index contributed by atoms with van der Waals surface area (Å²) < 4.78 is 17.1. The Hall–Kier alpha value is -3.95. The fourth-order valence-electron chi connectivity index (χ4n) is 4.09. The van der Waals surface area contributed by atoms with Gasteiger partial charge in [0, 0.05) is 5.56 Å². The molecule has 0 saturated carbocycles. The van der Waals surface area contributed by atoms with Gasteiger partial charge in [-0.1, -0.05) is 42.5 Å². The normalized spacial score (nSPS) is 18.0. The average molecular weight is 493 g/mol. The van der Waals surface area contributed by atoms with Crippen LogP contribution in [0, 0.1) is 10.1 Å². The lowest BCUT2D eigenvalue weighted by molar-refractivity contribution is -0.384. The summed E-state index contributed by atoms with van der Waals surface area (Å²) in [6, 6.07) is 19.2. The van der Waals surface area contributed by atoms with Gasteiger partial charge in [-0.05, 0) is 43.2 Å². The Kier molecular flexibility index (Phi) is 7.23. The number of nitrogens with zero attached hydrogens (tertiary/aromatic N) is 1. The number of aliphatic hydroxyl groups is 1. The summed E-state index contributed by atoms with van der Waals surface area (Å²) in [5.41, 5.74) is 0.681. The van der Waals surface area contributed by atoms with Crippen LogP contribution < -0.4 is 14.8 Å². The first-order valence-electron chi connectivity index (χ1n) is 11.5. The molecule has 9 heteroatoms. The van der Waals surface area contributed by atoms with Gasteiger partial charge in [-0.2, -0.15) is 0 Å². The van der Waals surface area contributed by atoms with Crippen molar-refractivity contribution >= 4 is 17.3 Å². The number of amides is 1. The minimum Gasteiger partial charge on any atom is -0.497 e. The molecule has 0 unspecified atom stereocenters. The topological polar surface area (TPSA) is 120 Å². The molecule has 2 atom stereocenters. The molecule has 0 bridgehead atoms. The van der Waals surface area contributed by atoms with Gasteiger partial charge < -0.3 is 24.6 Å². The zero-order chi connectivity index (χ0) is 25.9. The summed E-state index contributed by atoms with van der Waals surface area (Å²) in [6.07, 6.45) is -1.88. The van der Waals surface area contributed by atoms with Crippen LogP contribution in [0.3, 0.4) is 0 Å². The van der Waals surface area contributed by atoms with Crippen LogP contribution in [0.5, 0.6) is 11.5 Å². The summed E-state index contributed by atoms with van der Waals surface area (Å²) in [5.74, 6) is 0.457. The van der Waals surface area contributed by atoms with E-state index >= 15 is 0 Å². The van der Waals surface area contributed by atoms with E-state index in [1.165, 1.54) is 12.1 Å². The molecule has 1 heterocycles. The molecule has 4 rings (SSSR count). The third-order valence-electron chi connectivity index (χ3n) is 6.07. The Morgan fingerprint density at radius 3 is 2.44 bits per heavy atom. The summed E-state index contributed by atoms with van der Waals surface area (Å²) in [4.78, 5) is 24.0. The van der Waals surface area contributed by atoms with E-state index in [9.17, 15) is 20.0 Å². The third kappa shape index (κ3) is 5.48. The van der Waals surface area contributed by atoms with Gasteiger partial charge in [0.05, 0.1) is 31.1 Å². The largest absolute Gasteiger partial charge is 0.497 e. The molecule has 0 fully saturated rings. The van der Waals surface area contributed by atoms with E-state index in [-0.39, 0.29) is 30.2 Å². The second kappa shape index (κ2) is 10.3. The van der Waals surface area contributed by atoms with Crippen LogP contribution in [-0.4, -0.2) is 34.8 Å². The van der Waals surface area contributed by atoms with Crippen LogP contribution in [0.15, 0.2) is 66.7 Å². The highest BCUT2D eigenvalue weighted by Crippen LogP contribution is 2.46. The Bertz CT molecular complexity index is 1240. The molecular weight excluding hydrogens is 464 g/mol. The second-order valence-corrected chi connectivity index (χ2v) is 9.10. The van der Waals surface area contributed by atoms with Crippen molar-refractivity contribution < 1.29 is 29.0 Å². The van der Waals surface area contributed by atoms with Crippen LogP contribution >= 0.6 is 0 Å². The molecule has 36 heavy (non-hydrogen) atoms. The Balaban J connectivity index is 1.63. The highest BCUT2D eigenvalue weighted by molar-refractivity contribution is 5.95. The molecule has 0 spiro atoms. The smallest absolute Gasteiger partial charge is 0.296 e. The molecule has 2 N–H and O–H groups in total.